The summed E-state index contributed by atoms with van der Waals surface area (Å²) in [4.78, 5) is 29.6. The van der Waals surface area contributed by atoms with E-state index in [1.165, 1.54) is 6.33 Å². The Kier molecular flexibility index (Phi) is 5.35. The number of anilines is 1. The van der Waals surface area contributed by atoms with Crippen LogP contribution in [0.3, 0.4) is 0 Å². The molecule has 17 heavy (non-hydrogen) atoms. The van der Waals surface area contributed by atoms with E-state index >= 15 is 0 Å². The second-order valence-electron chi connectivity index (χ2n) is 3.25. The van der Waals surface area contributed by atoms with E-state index in [9.17, 15) is 9.59 Å². The average molecular weight is 257 g/mol. The van der Waals surface area contributed by atoms with Gasteiger partial charge in [-0.05, 0) is 6.42 Å². The second-order valence-corrected chi connectivity index (χ2v) is 3.61. The highest BCUT2D eigenvalue weighted by Gasteiger charge is 2.09. The number of hydrogen-bond donors (Lipinski definition) is 2. The van der Waals surface area contributed by atoms with E-state index in [1.807, 2.05) is 6.92 Å². The second kappa shape index (κ2) is 6.80. The molecule has 0 unspecified atom stereocenters. The molecular weight excluding hydrogens is 244 g/mol. The van der Waals surface area contributed by atoms with Crippen LogP contribution in [0.25, 0.3) is 0 Å². The van der Waals surface area contributed by atoms with Gasteiger partial charge < -0.3 is 10.6 Å². The number of amides is 1. The monoisotopic (exact) mass is 256 g/mol. The lowest BCUT2D eigenvalue weighted by Crippen LogP contribution is -2.30. The molecule has 1 aromatic heterocycles. The van der Waals surface area contributed by atoms with Crippen molar-refractivity contribution in [2.75, 3.05) is 18.4 Å². The summed E-state index contributed by atoms with van der Waals surface area (Å²) in [6.07, 6.45) is 2.64. The van der Waals surface area contributed by atoms with Crippen molar-refractivity contribution in [3.63, 3.8) is 0 Å². The molecule has 0 aliphatic carbocycles. The van der Waals surface area contributed by atoms with Crippen molar-refractivity contribution in [1.82, 2.24) is 15.3 Å². The molecule has 1 aromatic rings. The summed E-state index contributed by atoms with van der Waals surface area (Å²) in [5.41, 5.74) is 0.150. The van der Waals surface area contributed by atoms with Gasteiger partial charge >= 0.3 is 0 Å². The van der Waals surface area contributed by atoms with Crippen molar-refractivity contribution in [3.8, 4) is 0 Å². The standard InChI is InChI=1S/C10H13ClN4O2/c1-2-3-12-8(17)4-13-10-7(5-16)9(11)14-6-15-10/h5-6H,2-4H2,1H3,(H,12,17)(H,13,14,15). The maximum Gasteiger partial charge on any atom is 0.239 e. The zero-order valence-corrected chi connectivity index (χ0v) is 10.1. The van der Waals surface area contributed by atoms with Gasteiger partial charge in [-0.1, -0.05) is 18.5 Å². The lowest BCUT2D eigenvalue weighted by molar-refractivity contribution is -0.119. The predicted molar refractivity (Wildman–Crippen MR) is 64.2 cm³/mol. The smallest absolute Gasteiger partial charge is 0.239 e. The number of hydrogen-bond acceptors (Lipinski definition) is 5. The zero-order valence-electron chi connectivity index (χ0n) is 9.36. The van der Waals surface area contributed by atoms with E-state index in [0.717, 1.165) is 6.42 Å². The molecule has 0 aromatic carbocycles. The Morgan fingerprint density at radius 3 is 2.94 bits per heavy atom. The summed E-state index contributed by atoms with van der Waals surface area (Å²) < 4.78 is 0. The fourth-order valence-electron chi connectivity index (χ4n) is 1.11. The normalized spacial score (nSPS) is 9.76. The van der Waals surface area contributed by atoms with Gasteiger partial charge in [-0.3, -0.25) is 9.59 Å². The first-order chi connectivity index (χ1) is 8.19. The van der Waals surface area contributed by atoms with Crippen LogP contribution >= 0.6 is 11.6 Å². The van der Waals surface area contributed by atoms with Crippen LogP contribution in [0.5, 0.6) is 0 Å². The molecular formula is C10H13ClN4O2. The Balaban J connectivity index is 2.60. The molecule has 0 atom stereocenters. The molecule has 0 aliphatic rings. The van der Waals surface area contributed by atoms with Crippen molar-refractivity contribution in [2.24, 2.45) is 0 Å². The highest BCUT2D eigenvalue weighted by Crippen LogP contribution is 2.16. The van der Waals surface area contributed by atoms with Crippen molar-refractivity contribution >= 4 is 29.6 Å². The molecule has 0 bridgehead atoms. The van der Waals surface area contributed by atoms with Gasteiger partial charge in [-0.25, -0.2) is 9.97 Å². The number of nitrogens with zero attached hydrogens (tertiary/aromatic N) is 2. The summed E-state index contributed by atoms with van der Waals surface area (Å²) in [5.74, 6) is 0.0880. The topological polar surface area (TPSA) is 84.0 Å². The molecule has 0 radical (unpaired) electrons. The molecule has 0 aliphatic heterocycles. The third kappa shape index (κ3) is 3.99. The first-order valence-electron chi connectivity index (χ1n) is 5.15. The van der Waals surface area contributed by atoms with Gasteiger partial charge in [0.15, 0.2) is 6.29 Å². The predicted octanol–water partition coefficient (Wildman–Crippen LogP) is 0.881. The minimum atomic E-state index is -0.168. The molecule has 1 amide bonds. The third-order valence-electron chi connectivity index (χ3n) is 1.94. The summed E-state index contributed by atoms with van der Waals surface area (Å²) in [5, 5.41) is 5.48. The zero-order chi connectivity index (χ0) is 12.7. The Morgan fingerprint density at radius 1 is 1.53 bits per heavy atom. The molecule has 1 rings (SSSR count). The fraction of sp³-hybridized carbons (Fsp3) is 0.400. The molecule has 1 heterocycles. The van der Waals surface area contributed by atoms with Crippen molar-refractivity contribution < 1.29 is 9.59 Å². The van der Waals surface area contributed by atoms with Crippen LogP contribution in [0.4, 0.5) is 5.82 Å². The van der Waals surface area contributed by atoms with Crippen molar-refractivity contribution in [3.05, 3.63) is 17.0 Å². The molecule has 6 nitrogen and oxygen atoms in total. The number of aldehydes is 1. The fourth-order valence-corrected chi connectivity index (χ4v) is 1.29. The molecule has 92 valence electrons. The number of carbonyl (C=O) groups is 2. The summed E-state index contributed by atoms with van der Waals surface area (Å²) in [6.45, 7) is 2.61. The number of nitrogens with one attached hydrogen (secondary N) is 2. The number of carbonyl (C=O) groups excluding carboxylic acids is 2. The first-order valence-corrected chi connectivity index (χ1v) is 5.53. The van der Waals surface area contributed by atoms with Crippen LogP contribution < -0.4 is 10.6 Å². The highest BCUT2D eigenvalue weighted by atomic mass is 35.5. The Labute approximate surface area is 104 Å². The van der Waals surface area contributed by atoms with E-state index in [-0.39, 0.29) is 29.0 Å². The van der Waals surface area contributed by atoms with Crippen molar-refractivity contribution in [1.29, 1.82) is 0 Å². The summed E-state index contributed by atoms with van der Waals surface area (Å²) in [7, 11) is 0. The Bertz CT molecular complexity index is 411. The molecule has 7 heteroatoms. The SMILES string of the molecule is CCCNC(=O)CNc1ncnc(Cl)c1C=O. The van der Waals surface area contributed by atoms with Crippen LogP contribution in [0.15, 0.2) is 6.33 Å². The summed E-state index contributed by atoms with van der Waals surface area (Å²) >= 11 is 5.71. The van der Waals surface area contributed by atoms with E-state index in [2.05, 4.69) is 20.6 Å². The van der Waals surface area contributed by atoms with E-state index < -0.39 is 0 Å². The van der Waals surface area contributed by atoms with Crippen LogP contribution in [-0.4, -0.2) is 35.3 Å². The number of rotatable bonds is 6. The third-order valence-corrected chi connectivity index (χ3v) is 2.24. The quantitative estimate of drug-likeness (QED) is 0.583. The Hall–Kier alpha value is -1.69. The lowest BCUT2D eigenvalue weighted by atomic mass is 10.3. The van der Waals surface area contributed by atoms with Gasteiger partial charge in [0.2, 0.25) is 5.91 Å². The molecule has 0 spiro atoms. The van der Waals surface area contributed by atoms with Gasteiger partial charge in [-0.2, -0.15) is 0 Å². The van der Waals surface area contributed by atoms with Gasteiger partial charge in [0.1, 0.15) is 17.3 Å². The van der Waals surface area contributed by atoms with E-state index in [0.29, 0.717) is 12.8 Å². The molecule has 0 fully saturated rings. The van der Waals surface area contributed by atoms with Crippen LogP contribution in [0.1, 0.15) is 23.7 Å². The number of aromatic nitrogens is 2. The van der Waals surface area contributed by atoms with Gasteiger partial charge in [0.25, 0.3) is 0 Å². The van der Waals surface area contributed by atoms with E-state index in [4.69, 9.17) is 11.6 Å². The highest BCUT2D eigenvalue weighted by molar-refractivity contribution is 6.32. The molecule has 0 saturated heterocycles. The molecule has 2 N–H and O–H groups in total. The largest absolute Gasteiger partial charge is 0.360 e. The van der Waals surface area contributed by atoms with Gasteiger partial charge in [0, 0.05) is 6.54 Å². The lowest BCUT2D eigenvalue weighted by Gasteiger charge is -2.08. The first kappa shape index (κ1) is 13.4. The van der Waals surface area contributed by atoms with E-state index in [1.54, 1.807) is 0 Å². The number of halogens is 1. The average Bonchev–Trinajstić information content (AvgIpc) is 2.33. The maximum absolute atomic E-state index is 11.3. The minimum Gasteiger partial charge on any atom is -0.360 e. The Morgan fingerprint density at radius 2 is 2.29 bits per heavy atom. The summed E-state index contributed by atoms with van der Waals surface area (Å²) in [6, 6.07) is 0. The molecule has 0 saturated carbocycles. The van der Waals surface area contributed by atoms with Crippen LogP contribution in [-0.2, 0) is 4.79 Å². The maximum atomic E-state index is 11.3. The van der Waals surface area contributed by atoms with Gasteiger partial charge in [-0.15, -0.1) is 0 Å². The van der Waals surface area contributed by atoms with Crippen molar-refractivity contribution in [2.45, 2.75) is 13.3 Å². The van der Waals surface area contributed by atoms with Crippen LogP contribution in [0.2, 0.25) is 5.15 Å². The minimum absolute atomic E-state index is 0.0359. The van der Waals surface area contributed by atoms with Gasteiger partial charge in [0.05, 0.1) is 12.1 Å². The van der Waals surface area contributed by atoms with Crippen LogP contribution in [0, 0.1) is 0 Å².